The zero-order chi connectivity index (χ0) is 15.1. The van der Waals surface area contributed by atoms with Gasteiger partial charge in [0.25, 0.3) is 5.91 Å². The zero-order valence-corrected chi connectivity index (χ0v) is 12.4. The Morgan fingerprint density at radius 1 is 1.05 bits per heavy atom. The first-order chi connectivity index (χ1) is 10.7. The number of fused-ring (bicyclic) bond motifs is 2. The second-order valence-electron chi connectivity index (χ2n) is 5.73. The van der Waals surface area contributed by atoms with Crippen molar-refractivity contribution in [3.63, 3.8) is 0 Å². The lowest BCUT2D eigenvalue weighted by atomic mass is 10.0. The van der Waals surface area contributed by atoms with Crippen molar-refractivity contribution in [1.29, 1.82) is 0 Å². The van der Waals surface area contributed by atoms with E-state index in [1.807, 2.05) is 53.4 Å². The topological polar surface area (TPSA) is 33.2 Å². The molecule has 1 aromatic heterocycles. The fraction of sp³-hybridized carbons (Fsp3) is 0.158. The molecule has 4 rings (SSSR count). The average Bonchev–Trinajstić information content (AvgIpc) is 2.86. The highest BCUT2D eigenvalue weighted by Crippen LogP contribution is 2.30. The number of hydrogen-bond acceptors (Lipinski definition) is 2. The van der Waals surface area contributed by atoms with Crippen LogP contribution in [0.4, 0.5) is 0 Å². The van der Waals surface area contributed by atoms with Gasteiger partial charge in [0.05, 0.1) is 5.52 Å². The summed E-state index contributed by atoms with van der Waals surface area (Å²) in [5, 5.41) is 1.13. The third kappa shape index (κ3) is 1.98. The third-order valence-corrected chi connectivity index (χ3v) is 4.33. The normalized spacial score (nSPS) is 13.7. The molecule has 1 aliphatic heterocycles. The molecule has 0 spiro atoms. The summed E-state index contributed by atoms with van der Waals surface area (Å²) in [5.74, 6) is 0.0349. The van der Waals surface area contributed by atoms with Crippen LogP contribution in [0.25, 0.3) is 10.9 Å². The molecule has 0 radical (unpaired) electrons. The van der Waals surface area contributed by atoms with Gasteiger partial charge in [-0.15, -0.1) is 0 Å². The fourth-order valence-electron chi connectivity index (χ4n) is 3.13. The summed E-state index contributed by atoms with van der Waals surface area (Å²) < 4.78 is 0. The van der Waals surface area contributed by atoms with Crippen LogP contribution in [-0.4, -0.2) is 15.8 Å². The van der Waals surface area contributed by atoms with Crippen LogP contribution < -0.4 is 0 Å². The molecule has 2 aromatic carbocycles. The summed E-state index contributed by atoms with van der Waals surface area (Å²) in [7, 11) is 0. The molecule has 3 aromatic rings. The minimum atomic E-state index is 0.0349. The van der Waals surface area contributed by atoms with E-state index in [0.29, 0.717) is 18.8 Å². The van der Waals surface area contributed by atoms with Gasteiger partial charge < -0.3 is 4.90 Å². The predicted molar refractivity (Wildman–Crippen MR) is 86.5 cm³/mol. The van der Waals surface area contributed by atoms with Gasteiger partial charge in [-0.05, 0) is 24.1 Å². The number of carbonyl (C=O) groups is 1. The van der Waals surface area contributed by atoms with E-state index in [2.05, 4.69) is 18.0 Å². The molecule has 1 amide bonds. The SMILES string of the molecule is Cc1c2c(nc3ccccc13)C(=O)N(Cc1ccccc1)C2. The van der Waals surface area contributed by atoms with Crippen LogP contribution in [0.5, 0.6) is 0 Å². The van der Waals surface area contributed by atoms with Crippen molar-refractivity contribution in [2.75, 3.05) is 0 Å². The van der Waals surface area contributed by atoms with Gasteiger partial charge in [-0.3, -0.25) is 4.79 Å². The lowest BCUT2D eigenvalue weighted by molar-refractivity contribution is 0.0762. The van der Waals surface area contributed by atoms with Gasteiger partial charge in [0.2, 0.25) is 0 Å². The van der Waals surface area contributed by atoms with Crippen LogP contribution in [0, 0.1) is 6.92 Å². The molecule has 0 N–H and O–H groups in total. The number of aromatic nitrogens is 1. The van der Waals surface area contributed by atoms with Crippen LogP contribution in [0.15, 0.2) is 54.6 Å². The molecule has 0 saturated carbocycles. The number of benzene rings is 2. The summed E-state index contributed by atoms with van der Waals surface area (Å²) >= 11 is 0. The van der Waals surface area contributed by atoms with Crippen LogP contribution in [0.3, 0.4) is 0 Å². The van der Waals surface area contributed by atoms with E-state index in [1.54, 1.807) is 0 Å². The molecule has 3 heteroatoms. The van der Waals surface area contributed by atoms with Gasteiger partial charge >= 0.3 is 0 Å². The minimum absolute atomic E-state index is 0.0349. The van der Waals surface area contributed by atoms with Gasteiger partial charge in [-0.2, -0.15) is 0 Å². The molecule has 0 unspecified atom stereocenters. The number of nitrogens with zero attached hydrogens (tertiary/aromatic N) is 2. The Balaban J connectivity index is 1.75. The minimum Gasteiger partial charge on any atom is -0.329 e. The highest BCUT2D eigenvalue weighted by molar-refractivity contribution is 6.00. The Morgan fingerprint density at radius 3 is 2.59 bits per heavy atom. The number of carbonyl (C=O) groups excluding carboxylic acids is 1. The van der Waals surface area contributed by atoms with Gasteiger partial charge in [-0.25, -0.2) is 4.98 Å². The van der Waals surface area contributed by atoms with Crippen molar-refractivity contribution in [2.24, 2.45) is 0 Å². The quantitative estimate of drug-likeness (QED) is 0.720. The molecule has 22 heavy (non-hydrogen) atoms. The van der Waals surface area contributed by atoms with Crippen LogP contribution in [0.1, 0.15) is 27.2 Å². The summed E-state index contributed by atoms with van der Waals surface area (Å²) in [6.07, 6.45) is 0. The lowest BCUT2D eigenvalue weighted by Gasteiger charge is -2.15. The molecule has 108 valence electrons. The number of amides is 1. The Morgan fingerprint density at radius 2 is 1.77 bits per heavy atom. The summed E-state index contributed by atoms with van der Waals surface area (Å²) in [6, 6.07) is 18.1. The van der Waals surface area contributed by atoms with E-state index in [4.69, 9.17) is 0 Å². The Labute approximate surface area is 129 Å². The molecule has 0 atom stereocenters. The second-order valence-corrected chi connectivity index (χ2v) is 5.73. The second kappa shape index (κ2) is 4.95. The standard InChI is InChI=1S/C19H16N2O/c1-13-15-9-5-6-10-17(15)20-18-16(13)12-21(19(18)22)11-14-7-3-2-4-8-14/h2-10H,11-12H2,1H3. The molecule has 2 heterocycles. The van der Waals surface area contributed by atoms with Crippen molar-refractivity contribution in [3.05, 3.63) is 77.0 Å². The van der Waals surface area contributed by atoms with Crippen LogP contribution in [0.2, 0.25) is 0 Å². The summed E-state index contributed by atoms with van der Waals surface area (Å²) in [5.41, 5.74) is 4.90. The van der Waals surface area contributed by atoms with Gasteiger partial charge in [-0.1, -0.05) is 48.5 Å². The maximum atomic E-state index is 12.7. The van der Waals surface area contributed by atoms with Gasteiger partial charge in [0.15, 0.2) is 0 Å². The van der Waals surface area contributed by atoms with E-state index in [9.17, 15) is 4.79 Å². The van der Waals surface area contributed by atoms with Crippen molar-refractivity contribution >= 4 is 16.8 Å². The molecule has 1 aliphatic rings. The highest BCUT2D eigenvalue weighted by Gasteiger charge is 2.31. The third-order valence-electron chi connectivity index (χ3n) is 4.33. The number of para-hydroxylation sites is 1. The van der Waals surface area contributed by atoms with Gasteiger partial charge in [0, 0.05) is 24.0 Å². The molecule has 0 saturated heterocycles. The first-order valence-electron chi connectivity index (χ1n) is 7.45. The van der Waals surface area contributed by atoms with Gasteiger partial charge in [0.1, 0.15) is 5.69 Å². The van der Waals surface area contributed by atoms with E-state index < -0.39 is 0 Å². The van der Waals surface area contributed by atoms with E-state index in [-0.39, 0.29) is 5.91 Å². The highest BCUT2D eigenvalue weighted by atomic mass is 16.2. The van der Waals surface area contributed by atoms with Crippen molar-refractivity contribution in [2.45, 2.75) is 20.0 Å². The number of aryl methyl sites for hydroxylation is 1. The zero-order valence-electron chi connectivity index (χ0n) is 12.4. The smallest absolute Gasteiger partial charge is 0.273 e. The Kier molecular flexibility index (Phi) is 2.93. The van der Waals surface area contributed by atoms with E-state index in [0.717, 1.165) is 22.0 Å². The largest absolute Gasteiger partial charge is 0.329 e. The fourth-order valence-corrected chi connectivity index (χ4v) is 3.13. The molecule has 0 fully saturated rings. The maximum Gasteiger partial charge on any atom is 0.273 e. The number of hydrogen-bond donors (Lipinski definition) is 0. The van der Waals surface area contributed by atoms with Crippen molar-refractivity contribution in [1.82, 2.24) is 9.88 Å². The Bertz CT molecular complexity index is 871. The van der Waals surface area contributed by atoms with E-state index in [1.165, 1.54) is 5.56 Å². The average molecular weight is 288 g/mol. The number of rotatable bonds is 2. The summed E-state index contributed by atoms with van der Waals surface area (Å²) in [6.45, 7) is 3.36. The van der Waals surface area contributed by atoms with Crippen LogP contribution in [-0.2, 0) is 13.1 Å². The first-order valence-corrected chi connectivity index (χ1v) is 7.45. The molecule has 0 bridgehead atoms. The van der Waals surface area contributed by atoms with Crippen LogP contribution >= 0.6 is 0 Å². The lowest BCUT2D eigenvalue weighted by Crippen LogP contribution is -2.23. The molecular formula is C19H16N2O. The molecular weight excluding hydrogens is 272 g/mol. The molecule has 3 nitrogen and oxygen atoms in total. The monoisotopic (exact) mass is 288 g/mol. The van der Waals surface area contributed by atoms with E-state index >= 15 is 0 Å². The molecule has 0 aliphatic carbocycles. The number of pyridine rings is 1. The van der Waals surface area contributed by atoms with Crippen molar-refractivity contribution in [3.8, 4) is 0 Å². The Hall–Kier alpha value is -2.68. The first kappa shape index (κ1) is 13.0. The summed E-state index contributed by atoms with van der Waals surface area (Å²) in [4.78, 5) is 19.1. The predicted octanol–water partition coefficient (Wildman–Crippen LogP) is 3.70. The maximum absolute atomic E-state index is 12.7. The van der Waals surface area contributed by atoms with Crippen molar-refractivity contribution < 1.29 is 4.79 Å².